The molecule has 0 spiro atoms. The lowest BCUT2D eigenvalue weighted by Gasteiger charge is -2.18. The summed E-state index contributed by atoms with van der Waals surface area (Å²) >= 11 is 0. The van der Waals surface area contributed by atoms with E-state index in [2.05, 4.69) is 48.3 Å². The fraction of sp³-hybridized carbons (Fsp3) is 0.458. The van der Waals surface area contributed by atoms with Gasteiger partial charge in [0, 0.05) is 13.1 Å². The first-order valence-electron chi connectivity index (χ1n) is 10.4. The summed E-state index contributed by atoms with van der Waals surface area (Å²) in [6.45, 7) is 10.0. The van der Waals surface area contributed by atoms with E-state index >= 15 is 0 Å². The van der Waals surface area contributed by atoms with E-state index in [4.69, 9.17) is 4.74 Å². The third-order valence-corrected chi connectivity index (χ3v) is 5.51. The van der Waals surface area contributed by atoms with Crippen LogP contribution in [-0.4, -0.2) is 30.0 Å². The van der Waals surface area contributed by atoms with Gasteiger partial charge < -0.3 is 10.1 Å². The molecule has 1 amide bonds. The Morgan fingerprint density at radius 2 is 1.71 bits per heavy atom. The summed E-state index contributed by atoms with van der Waals surface area (Å²) in [6, 6.07) is 14.5. The highest BCUT2D eigenvalue weighted by atomic mass is 16.5. The SMILES string of the molecule is CC[C@@H](Oc1ccc(C)c(C)c1)C(=O)NCc1ccc(CN2CCCC2)cc1. The highest BCUT2D eigenvalue weighted by Gasteiger charge is 2.18. The van der Waals surface area contributed by atoms with Crippen LogP contribution in [-0.2, 0) is 17.9 Å². The molecule has 4 nitrogen and oxygen atoms in total. The van der Waals surface area contributed by atoms with E-state index in [0.717, 1.165) is 17.9 Å². The quantitative estimate of drug-likeness (QED) is 0.739. The van der Waals surface area contributed by atoms with Crippen molar-refractivity contribution in [3.8, 4) is 5.75 Å². The van der Waals surface area contributed by atoms with Crippen molar-refractivity contribution in [1.82, 2.24) is 10.2 Å². The molecule has 0 bridgehead atoms. The van der Waals surface area contributed by atoms with Crippen molar-refractivity contribution in [3.63, 3.8) is 0 Å². The molecule has 1 fully saturated rings. The van der Waals surface area contributed by atoms with Crippen LogP contribution in [0.15, 0.2) is 42.5 Å². The molecule has 1 aliphatic heterocycles. The number of hydrogen-bond donors (Lipinski definition) is 1. The summed E-state index contributed by atoms with van der Waals surface area (Å²) in [4.78, 5) is 15.1. The summed E-state index contributed by atoms with van der Waals surface area (Å²) < 4.78 is 5.93. The van der Waals surface area contributed by atoms with Gasteiger partial charge in [-0.3, -0.25) is 9.69 Å². The van der Waals surface area contributed by atoms with E-state index < -0.39 is 6.10 Å². The number of amides is 1. The minimum Gasteiger partial charge on any atom is -0.481 e. The molecular weight excluding hydrogens is 348 g/mol. The van der Waals surface area contributed by atoms with Gasteiger partial charge in [-0.25, -0.2) is 0 Å². The number of nitrogens with one attached hydrogen (secondary N) is 1. The first-order chi connectivity index (χ1) is 13.5. The number of nitrogens with zero attached hydrogens (tertiary/aromatic N) is 1. The molecule has 3 rings (SSSR count). The second kappa shape index (κ2) is 9.74. The molecule has 0 radical (unpaired) electrons. The normalized spacial score (nSPS) is 15.4. The van der Waals surface area contributed by atoms with Crippen LogP contribution in [0.5, 0.6) is 5.75 Å². The topological polar surface area (TPSA) is 41.6 Å². The molecule has 150 valence electrons. The number of aryl methyl sites for hydroxylation is 2. The molecule has 1 heterocycles. The second-order valence-corrected chi connectivity index (χ2v) is 7.78. The Hall–Kier alpha value is -2.33. The Bertz CT molecular complexity index is 780. The number of rotatable bonds is 8. The molecule has 1 atom stereocenters. The Balaban J connectivity index is 1.50. The monoisotopic (exact) mass is 380 g/mol. The van der Waals surface area contributed by atoms with Crippen LogP contribution in [0.4, 0.5) is 0 Å². The Morgan fingerprint density at radius 1 is 1.04 bits per heavy atom. The van der Waals surface area contributed by atoms with Crippen LogP contribution in [0.3, 0.4) is 0 Å². The molecule has 2 aromatic rings. The fourth-order valence-electron chi connectivity index (χ4n) is 3.54. The van der Waals surface area contributed by atoms with Crippen molar-refractivity contribution in [2.24, 2.45) is 0 Å². The second-order valence-electron chi connectivity index (χ2n) is 7.78. The maximum atomic E-state index is 12.6. The number of ether oxygens (including phenoxy) is 1. The smallest absolute Gasteiger partial charge is 0.261 e. The van der Waals surface area contributed by atoms with Gasteiger partial charge >= 0.3 is 0 Å². The average Bonchev–Trinajstić information content (AvgIpc) is 3.21. The van der Waals surface area contributed by atoms with Crippen LogP contribution in [0.25, 0.3) is 0 Å². The van der Waals surface area contributed by atoms with Crippen LogP contribution in [0.2, 0.25) is 0 Å². The van der Waals surface area contributed by atoms with Gasteiger partial charge in [-0.15, -0.1) is 0 Å². The lowest BCUT2D eigenvalue weighted by atomic mass is 10.1. The van der Waals surface area contributed by atoms with Crippen molar-refractivity contribution in [2.45, 2.75) is 59.2 Å². The molecule has 1 saturated heterocycles. The van der Waals surface area contributed by atoms with Crippen molar-refractivity contribution >= 4 is 5.91 Å². The average molecular weight is 381 g/mol. The zero-order valence-corrected chi connectivity index (χ0v) is 17.3. The Kier molecular flexibility index (Phi) is 7.10. The minimum absolute atomic E-state index is 0.0677. The van der Waals surface area contributed by atoms with Gasteiger partial charge in [0.2, 0.25) is 0 Å². The number of benzene rings is 2. The van der Waals surface area contributed by atoms with Crippen LogP contribution >= 0.6 is 0 Å². The first-order valence-corrected chi connectivity index (χ1v) is 10.4. The molecule has 1 aliphatic rings. The molecule has 4 heteroatoms. The standard InChI is InChI=1S/C24H32N2O2/c1-4-23(28-22-12-7-18(2)19(3)15-22)24(27)25-16-20-8-10-21(11-9-20)17-26-13-5-6-14-26/h7-12,15,23H,4-6,13-14,16-17H2,1-3H3,(H,25,27)/t23-/m1/s1. The summed E-state index contributed by atoms with van der Waals surface area (Å²) in [7, 11) is 0. The lowest BCUT2D eigenvalue weighted by Crippen LogP contribution is -2.37. The maximum absolute atomic E-state index is 12.6. The third kappa shape index (κ3) is 5.59. The van der Waals surface area contributed by atoms with Crippen molar-refractivity contribution in [2.75, 3.05) is 13.1 Å². The molecule has 0 aliphatic carbocycles. The predicted molar refractivity (Wildman–Crippen MR) is 113 cm³/mol. The van der Waals surface area contributed by atoms with E-state index in [-0.39, 0.29) is 5.91 Å². The van der Waals surface area contributed by atoms with Crippen LogP contribution in [0, 0.1) is 13.8 Å². The molecular formula is C24H32N2O2. The Labute approximate surface area is 168 Å². The Morgan fingerprint density at radius 3 is 2.36 bits per heavy atom. The molecule has 28 heavy (non-hydrogen) atoms. The summed E-state index contributed by atoms with van der Waals surface area (Å²) in [5, 5.41) is 3.01. The van der Waals surface area contributed by atoms with Crippen molar-refractivity contribution in [1.29, 1.82) is 0 Å². The van der Waals surface area contributed by atoms with Gasteiger partial charge in [-0.2, -0.15) is 0 Å². The van der Waals surface area contributed by atoms with Gasteiger partial charge in [0.15, 0.2) is 6.10 Å². The van der Waals surface area contributed by atoms with E-state index in [0.29, 0.717) is 13.0 Å². The van der Waals surface area contributed by atoms with Gasteiger partial charge in [-0.05, 0) is 80.6 Å². The number of carbonyl (C=O) groups is 1. The van der Waals surface area contributed by atoms with Gasteiger partial charge in [-0.1, -0.05) is 37.3 Å². The highest BCUT2D eigenvalue weighted by Crippen LogP contribution is 2.19. The zero-order valence-electron chi connectivity index (χ0n) is 17.3. The summed E-state index contributed by atoms with van der Waals surface area (Å²) in [5.74, 6) is 0.679. The van der Waals surface area contributed by atoms with E-state index in [1.807, 2.05) is 25.1 Å². The summed E-state index contributed by atoms with van der Waals surface area (Å²) in [5.41, 5.74) is 4.83. The first kappa shape index (κ1) is 20.4. The molecule has 1 N–H and O–H groups in total. The highest BCUT2D eigenvalue weighted by molar-refractivity contribution is 5.81. The number of likely N-dealkylation sites (tertiary alicyclic amines) is 1. The number of carbonyl (C=O) groups excluding carboxylic acids is 1. The van der Waals surface area contributed by atoms with Crippen molar-refractivity contribution in [3.05, 3.63) is 64.7 Å². The zero-order chi connectivity index (χ0) is 19.9. The van der Waals surface area contributed by atoms with Crippen LogP contribution < -0.4 is 10.1 Å². The summed E-state index contributed by atoms with van der Waals surface area (Å²) in [6.07, 6.45) is 2.78. The molecule has 0 unspecified atom stereocenters. The van der Waals surface area contributed by atoms with Gasteiger partial charge in [0.1, 0.15) is 5.75 Å². The molecule has 2 aromatic carbocycles. The largest absolute Gasteiger partial charge is 0.481 e. The molecule has 0 saturated carbocycles. The fourth-order valence-corrected chi connectivity index (χ4v) is 3.54. The third-order valence-electron chi connectivity index (χ3n) is 5.51. The van der Waals surface area contributed by atoms with Crippen LogP contribution in [0.1, 0.15) is 48.4 Å². The van der Waals surface area contributed by atoms with E-state index in [9.17, 15) is 4.79 Å². The lowest BCUT2D eigenvalue weighted by molar-refractivity contribution is -0.128. The maximum Gasteiger partial charge on any atom is 0.261 e. The van der Waals surface area contributed by atoms with Gasteiger partial charge in [0.05, 0.1) is 0 Å². The molecule has 0 aromatic heterocycles. The number of hydrogen-bond acceptors (Lipinski definition) is 3. The van der Waals surface area contributed by atoms with Gasteiger partial charge in [0.25, 0.3) is 5.91 Å². The van der Waals surface area contributed by atoms with Crippen molar-refractivity contribution < 1.29 is 9.53 Å². The van der Waals surface area contributed by atoms with E-state index in [1.54, 1.807) is 0 Å². The van der Waals surface area contributed by atoms with E-state index in [1.165, 1.54) is 42.6 Å². The predicted octanol–water partition coefficient (Wildman–Crippen LogP) is 4.37. The minimum atomic E-state index is -0.475.